The molecule has 2 saturated heterocycles. The van der Waals surface area contributed by atoms with Crippen LogP contribution in [-0.2, 0) is 14.3 Å². The number of amides is 1. The Morgan fingerprint density at radius 1 is 1.23 bits per heavy atom. The van der Waals surface area contributed by atoms with Crippen LogP contribution in [0.25, 0.3) is 5.76 Å². The van der Waals surface area contributed by atoms with Gasteiger partial charge in [0, 0.05) is 18.7 Å². The third-order valence-electron chi connectivity index (χ3n) is 5.49. The number of rotatable bonds is 5. The van der Waals surface area contributed by atoms with Gasteiger partial charge in [0.2, 0.25) is 0 Å². The van der Waals surface area contributed by atoms with Gasteiger partial charge in [-0.25, -0.2) is 4.39 Å². The Bertz CT molecular complexity index is 995. The number of likely N-dealkylation sites (tertiary alicyclic amines) is 1. The van der Waals surface area contributed by atoms with Crippen molar-refractivity contribution in [3.05, 3.63) is 71.0 Å². The van der Waals surface area contributed by atoms with E-state index in [0.29, 0.717) is 17.9 Å². The maximum absolute atomic E-state index is 13.3. The highest BCUT2D eigenvalue weighted by molar-refractivity contribution is 6.46. The van der Waals surface area contributed by atoms with Crippen molar-refractivity contribution in [2.24, 2.45) is 0 Å². The molecule has 0 saturated carbocycles. The van der Waals surface area contributed by atoms with E-state index in [1.807, 2.05) is 0 Å². The predicted octanol–water partition coefficient (Wildman–Crippen LogP) is 3.44. The van der Waals surface area contributed by atoms with Crippen molar-refractivity contribution in [2.75, 3.05) is 20.3 Å². The quantitative estimate of drug-likeness (QED) is 0.463. The molecule has 2 atom stereocenters. The first kappa shape index (κ1) is 20.1. The maximum atomic E-state index is 13.3. The van der Waals surface area contributed by atoms with Crippen LogP contribution in [-0.4, -0.2) is 48.1 Å². The molecule has 0 aliphatic carbocycles. The Balaban J connectivity index is 1.83. The van der Waals surface area contributed by atoms with Gasteiger partial charge in [-0.15, -0.1) is 0 Å². The zero-order valence-electron chi connectivity index (χ0n) is 16.5. The van der Waals surface area contributed by atoms with Crippen LogP contribution >= 0.6 is 0 Å². The minimum absolute atomic E-state index is 0.0298. The van der Waals surface area contributed by atoms with E-state index < -0.39 is 23.5 Å². The zero-order valence-corrected chi connectivity index (χ0v) is 16.5. The summed E-state index contributed by atoms with van der Waals surface area (Å²) in [5.41, 5.74) is 0.868. The van der Waals surface area contributed by atoms with Crippen molar-refractivity contribution >= 4 is 17.4 Å². The second-order valence-electron chi connectivity index (χ2n) is 7.37. The Hall–Kier alpha value is -3.19. The molecule has 7 heteroatoms. The number of benzene rings is 2. The molecule has 6 nitrogen and oxygen atoms in total. The molecule has 0 aromatic heterocycles. The second kappa shape index (κ2) is 8.28. The van der Waals surface area contributed by atoms with Gasteiger partial charge in [-0.2, -0.15) is 0 Å². The number of nitrogens with zero attached hydrogens (tertiary/aromatic N) is 1. The lowest BCUT2D eigenvalue weighted by atomic mass is 9.95. The minimum Gasteiger partial charge on any atom is -0.507 e. The molecule has 0 unspecified atom stereocenters. The number of ether oxygens (including phenoxy) is 2. The Morgan fingerprint density at radius 3 is 2.67 bits per heavy atom. The molecular formula is C23H22FNO5. The number of halogens is 1. The van der Waals surface area contributed by atoms with Crippen molar-refractivity contribution < 1.29 is 28.6 Å². The molecule has 30 heavy (non-hydrogen) atoms. The molecular weight excluding hydrogens is 389 g/mol. The van der Waals surface area contributed by atoms with Crippen LogP contribution in [0.15, 0.2) is 54.1 Å². The van der Waals surface area contributed by atoms with Crippen LogP contribution in [0.4, 0.5) is 4.39 Å². The highest BCUT2D eigenvalue weighted by Gasteiger charge is 2.47. The predicted molar refractivity (Wildman–Crippen MR) is 107 cm³/mol. The van der Waals surface area contributed by atoms with Gasteiger partial charge in [0.1, 0.15) is 17.3 Å². The molecule has 0 spiro atoms. The molecule has 2 fully saturated rings. The van der Waals surface area contributed by atoms with Gasteiger partial charge >= 0.3 is 0 Å². The zero-order chi connectivity index (χ0) is 21.3. The molecule has 4 rings (SSSR count). The summed E-state index contributed by atoms with van der Waals surface area (Å²) in [4.78, 5) is 27.3. The fourth-order valence-corrected chi connectivity index (χ4v) is 4.00. The van der Waals surface area contributed by atoms with Crippen molar-refractivity contribution in [1.29, 1.82) is 0 Å². The third-order valence-corrected chi connectivity index (χ3v) is 5.49. The summed E-state index contributed by atoms with van der Waals surface area (Å²) in [6.07, 6.45) is 1.53. The molecule has 2 heterocycles. The maximum Gasteiger partial charge on any atom is 0.295 e. The van der Waals surface area contributed by atoms with Crippen molar-refractivity contribution in [2.45, 2.75) is 25.0 Å². The first-order valence-electron chi connectivity index (χ1n) is 9.79. The molecule has 2 aromatic carbocycles. The molecule has 1 amide bonds. The van der Waals surface area contributed by atoms with Crippen LogP contribution in [0.1, 0.15) is 30.0 Å². The lowest BCUT2D eigenvalue weighted by Gasteiger charge is -2.27. The third kappa shape index (κ3) is 3.68. The SMILES string of the molecule is COc1cccc([C@H]2C(=C(O)c3ccc(F)cc3)C(=O)C(=O)N2C[C@@H]2CCCO2)c1. The van der Waals surface area contributed by atoms with E-state index in [1.54, 1.807) is 24.3 Å². The normalized spacial score (nSPS) is 23.2. The fourth-order valence-electron chi connectivity index (χ4n) is 4.00. The molecule has 156 valence electrons. The summed E-state index contributed by atoms with van der Waals surface area (Å²) in [7, 11) is 1.53. The van der Waals surface area contributed by atoms with Crippen LogP contribution in [0.5, 0.6) is 5.75 Å². The van der Waals surface area contributed by atoms with E-state index in [2.05, 4.69) is 0 Å². The summed E-state index contributed by atoms with van der Waals surface area (Å²) in [5.74, 6) is -1.70. The number of hydrogen-bond donors (Lipinski definition) is 1. The minimum atomic E-state index is -0.797. The van der Waals surface area contributed by atoms with E-state index in [4.69, 9.17) is 9.47 Å². The number of ketones is 1. The van der Waals surface area contributed by atoms with Crippen molar-refractivity contribution in [3.63, 3.8) is 0 Å². The van der Waals surface area contributed by atoms with Gasteiger partial charge in [0.25, 0.3) is 11.7 Å². The summed E-state index contributed by atoms with van der Waals surface area (Å²) in [5, 5.41) is 10.9. The van der Waals surface area contributed by atoms with Crippen LogP contribution in [0.3, 0.4) is 0 Å². The Labute approximate surface area is 173 Å². The lowest BCUT2D eigenvalue weighted by Crippen LogP contribution is -2.36. The molecule has 2 aliphatic heterocycles. The fraction of sp³-hybridized carbons (Fsp3) is 0.304. The molecule has 0 bridgehead atoms. The number of hydrogen-bond acceptors (Lipinski definition) is 5. The number of aliphatic hydroxyl groups excluding tert-OH is 1. The number of Topliss-reactive ketones (excluding diaryl/α,β-unsaturated/α-hetero) is 1. The summed E-state index contributed by atoms with van der Waals surface area (Å²) in [6.45, 7) is 0.862. The van der Waals surface area contributed by atoms with Gasteiger partial charge in [-0.1, -0.05) is 12.1 Å². The topological polar surface area (TPSA) is 76.1 Å². The number of methoxy groups -OCH3 is 1. The second-order valence-corrected chi connectivity index (χ2v) is 7.37. The van der Waals surface area contributed by atoms with Crippen LogP contribution in [0, 0.1) is 5.82 Å². The summed E-state index contributed by atoms with van der Waals surface area (Å²) in [6, 6.07) is 11.4. The van der Waals surface area contributed by atoms with Gasteiger partial charge in [-0.3, -0.25) is 9.59 Å². The highest BCUT2D eigenvalue weighted by Crippen LogP contribution is 2.40. The first-order chi connectivity index (χ1) is 14.5. The number of aliphatic hydroxyl groups is 1. The average molecular weight is 411 g/mol. The smallest absolute Gasteiger partial charge is 0.295 e. The van der Waals surface area contributed by atoms with E-state index in [1.165, 1.54) is 36.3 Å². The van der Waals surface area contributed by atoms with E-state index in [9.17, 15) is 19.1 Å². The summed E-state index contributed by atoms with van der Waals surface area (Å²) < 4.78 is 24.3. The van der Waals surface area contributed by atoms with Gasteiger partial charge in [-0.05, 0) is 54.8 Å². The van der Waals surface area contributed by atoms with E-state index in [0.717, 1.165) is 12.8 Å². The Kier molecular flexibility index (Phi) is 5.55. The molecule has 2 aliphatic rings. The van der Waals surface area contributed by atoms with Gasteiger partial charge in [0.05, 0.1) is 24.8 Å². The monoisotopic (exact) mass is 411 g/mol. The van der Waals surface area contributed by atoms with Crippen LogP contribution < -0.4 is 4.74 Å². The highest BCUT2D eigenvalue weighted by atomic mass is 19.1. The van der Waals surface area contributed by atoms with E-state index in [-0.39, 0.29) is 29.5 Å². The molecule has 1 N–H and O–H groups in total. The lowest BCUT2D eigenvalue weighted by molar-refractivity contribution is -0.140. The first-order valence-corrected chi connectivity index (χ1v) is 9.79. The number of carbonyl (C=O) groups excluding carboxylic acids is 2. The number of carbonyl (C=O) groups is 2. The van der Waals surface area contributed by atoms with Gasteiger partial charge < -0.3 is 19.5 Å². The van der Waals surface area contributed by atoms with Gasteiger partial charge in [0.15, 0.2) is 0 Å². The molecule has 0 radical (unpaired) electrons. The molecule has 2 aromatic rings. The van der Waals surface area contributed by atoms with Crippen molar-refractivity contribution in [3.8, 4) is 5.75 Å². The van der Waals surface area contributed by atoms with Crippen molar-refractivity contribution in [1.82, 2.24) is 4.90 Å². The summed E-state index contributed by atoms with van der Waals surface area (Å²) >= 11 is 0. The van der Waals surface area contributed by atoms with Crippen LogP contribution in [0.2, 0.25) is 0 Å². The standard InChI is InChI=1S/C23H22FNO5/c1-29-17-5-2-4-15(12-17)20-19(21(26)14-7-9-16(24)10-8-14)22(27)23(28)25(20)13-18-6-3-11-30-18/h2,4-5,7-10,12,18,20,26H,3,6,11,13H2,1H3/t18-,20-/m0/s1. The Morgan fingerprint density at radius 2 is 2.00 bits per heavy atom. The van der Waals surface area contributed by atoms with E-state index >= 15 is 0 Å². The average Bonchev–Trinajstić information content (AvgIpc) is 3.36. The largest absolute Gasteiger partial charge is 0.507 e.